The Kier molecular flexibility index (Phi) is 4.35. The van der Waals surface area contributed by atoms with E-state index in [9.17, 15) is 8.42 Å². The van der Waals surface area contributed by atoms with Crippen LogP contribution in [0.25, 0.3) is 0 Å². The van der Waals surface area contributed by atoms with Gasteiger partial charge in [0.05, 0.1) is 0 Å². The molecule has 13 heavy (non-hydrogen) atoms. The zero-order valence-corrected chi connectivity index (χ0v) is 9.96. The van der Waals surface area contributed by atoms with Gasteiger partial charge in [0.15, 0.2) is 9.84 Å². The maximum Gasteiger partial charge on any atom is 0.164 e. The molecule has 1 heterocycles. The van der Waals surface area contributed by atoms with Crippen LogP contribution in [0, 0.1) is 0 Å². The summed E-state index contributed by atoms with van der Waals surface area (Å²) in [7, 11) is -2.95. The molecule has 1 atom stereocenters. The molecule has 0 N–H and O–H groups in total. The molecule has 0 radical (unpaired) electrons. The van der Waals surface area contributed by atoms with E-state index in [2.05, 4.69) is 0 Å². The third-order valence-corrected chi connectivity index (χ3v) is 4.91. The Morgan fingerprint density at radius 2 is 2.31 bits per heavy atom. The monoisotopic (exact) mass is 243 g/mol. The average Bonchev–Trinajstić information content (AvgIpc) is 2.04. The van der Waals surface area contributed by atoms with Crippen molar-refractivity contribution in [3.8, 4) is 0 Å². The fourth-order valence-corrected chi connectivity index (χ4v) is 4.56. The van der Waals surface area contributed by atoms with Gasteiger partial charge in [0, 0.05) is 36.7 Å². The number of rotatable bonds is 3. The summed E-state index contributed by atoms with van der Waals surface area (Å²) in [4.78, 5) is 1.96. The molecule has 1 fully saturated rings. The topological polar surface area (TPSA) is 37.4 Å². The predicted molar refractivity (Wildman–Crippen MR) is 58.2 cm³/mol. The summed E-state index contributed by atoms with van der Waals surface area (Å²) in [6.45, 7) is 1.50. The molecule has 0 amide bonds. The van der Waals surface area contributed by atoms with Crippen molar-refractivity contribution in [2.24, 2.45) is 0 Å². The second-order valence-electron chi connectivity index (χ2n) is 3.08. The SMILES string of the molecule is CS(=O)(=O)C1CSCCN1CCCl. The van der Waals surface area contributed by atoms with Gasteiger partial charge >= 0.3 is 0 Å². The van der Waals surface area contributed by atoms with Crippen molar-refractivity contribution in [1.29, 1.82) is 0 Å². The summed E-state index contributed by atoms with van der Waals surface area (Å²) in [6.07, 6.45) is 1.30. The van der Waals surface area contributed by atoms with E-state index in [1.807, 2.05) is 4.90 Å². The fourth-order valence-electron chi connectivity index (χ4n) is 1.37. The molecule has 0 aromatic heterocycles. The zero-order valence-electron chi connectivity index (χ0n) is 7.57. The molecule has 0 aromatic rings. The molecular formula is C7H14ClNO2S2. The molecule has 1 aliphatic rings. The first-order valence-corrected chi connectivity index (χ1v) is 7.76. The highest BCUT2D eigenvalue weighted by atomic mass is 35.5. The quantitative estimate of drug-likeness (QED) is 0.682. The first-order valence-electron chi connectivity index (χ1n) is 4.12. The molecular weight excluding hydrogens is 230 g/mol. The van der Waals surface area contributed by atoms with Crippen LogP contribution in [-0.4, -0.2) is 55.4 Å². The van der Waals surface area contributed by atoms with Crippen molar-refractivity contribution in [2.45, 2.75) is 5.37 Å². The van der Waals surface area contributed by atoms with E-state index < -0.39 is 9.84 Å². The smallest absolute Gasteiger partial charge is 0.164 e. The number of thioether (sulfide) groups is 1. The molecule has 6 heteroatoms. The minimum Gasteiger partial charge on any atom is -0.285 e. The molecule has 1 unspecified atom stereocenters. The lowest BCUT2D eigenvalue weighted by Gasteiger charge is -2.33. The van der Waals surface area contributed by atoms with Crippen LogP contribution in [0.1, 0.15) is 0 Å². The molecule has 3 nitrogen and oxygen atoms in total. The van der Waals surface area contributed by atoms with E-state index in [1.165, 1.54) is 6.26 Å². The summed E-state index contributed by atoms with van der Waals surface area (Å²) >= 11 is 7.30. The van der Waals surface area contributed by atoms with Crippen LogP contribution >= 0.6 is 23.4 Å². The molecule has 0 spiro atoms. The zero-order chi connectivity index (χ0) is 9.90. The maximum absolute atomic E-state index is 11.4. The minimum atomic E-state index is -2.95. The van der Waals surface area contributed by atoms with E-state index in [0.29, 0.717) is 18.2 Å². The highest BCUT2D eigenvalue weighted by Gasteiger charge is 2.30. The highest BCUT2D eigenvalue weighted by Crippen LogP contribution is 2.19. The average molecular weight is 244 g/mol. The molecule has 1 saturated heterocycles. The maximum atomic E-state index is 11.4. The first kappa shape index (κ1) is 11.6. The fraction of sp³-hybridized carbons (Fsp3) is 1.00. The number of hydrogen-bond acceptors (Lipinski definition) is 4. The number of alkyl halides is 1. The van der Waals surface area contributed by atoms with Crippen LogP contribution in [0.3, 0.4) is 0 Å². The van der Waals surface area contributed by atoms with Gasteiger partial charge in [-0.2, -0.15) is 11.8 Å². The van der Waals surface area contributed by atoms with Gasteiger partial charge in [-0.05, 0) is 0 Å². The highest BCUT2D eigenvalue weighted by molar-refractivity contribution is 8.00. The Morgan fingerprint density at radius 1 is 1.62 bits per heavy atom. The summed E-state index contributed by atoms with van der Waals surface area (Å²) in [5, 5.41) is -0.329. The Labute approximate surface area is 88.7 Å². The lowest BCUT2D eigenvalue weighted by molar-refractivity contribution is 0.287. The van der Waals surface area contributed by atoms with Gasteiger partial charge in [-0.3, -0.25) is 4.90 Å². The van der Waals surface area contributed by atoms with Crippen LogP contribution in [0.2, 0.25) is 0 Å². The summed E-state index contributed by atoms with van der Waals surface area (Å²) < 4.78 is 22.7. The molecule has 0 saturated carbocycles. The molecule has 0 aliphatic carbocycles. The number of nitrogens with zero attached hydrogens (tertiary/aromatic N) is 1. The van der Waals surface area contributed by atoms with Crippen molar-refractivity contribution < 1.29 is 8.42 Å². The number of halogens is 1. The van der Waals surface area contributed by atoms with Crippen LogP contribution in [0.4, 0.5) is 0 Å². The van der Waals surface area contributed by atoms with Crippen LogP contribution in [-0.2, 0) is 9.84 Å². The summed E-state index contributed by atoms with van der Waals surface area (Å²) in [5.74, 6) is 2.18. The number of sulfone groups is 1. The van der Waals surface area contributed by atoms with E-state index >= 15 is 0 Å². The third-order valence-electron chi connectivity index (χ3n) is 2.06. The summed E-state index contributed by atoms with van der Waals surface area (Å²) in [6, 6.07) is 0. The molecule has 78 valence electrons. The molecule has 1 rings (SSSR count). The standard InChI is InChI=1S/C7H14ClNO2S2/c1-13(10,11)7-6-12-5-4-9(7)3-2-8/h7H,2-6H2,1H3. The van der Waals surface area contributed by atoms with Crippen molar-refractivity contribution in [1.82, 2.24) is 4.90 Å². The van der Waals surface area contributed by atoms with Gasteiger partial charge in [0.25, 0.3) is 0 Å². The van der Waals surface area contributed by atoms with Crippen LogP contribution in [0.5, 0.6) is 0 Å². The lowest BCUT2D eigenvalue weighted by atomic mass is 10.5. The Morgan fingerprint density at radius 3 is 2.85 bits per heavy atom. The van der Waals surface area contributed by atoms with Gasteiger partial charge in [-0.25, -0.2) is 8.42 Å². The van der Waals surface area contributed by atoms with Crippen molar-refractivity contribution in [2.75, 3.05) is 36.7 Å². The first-order chi connectivity index (χ1) is 6.05. The molecule has 0 bridgehead atoms. The van der Waals surface area contributed by atoms with E-state index in [1.54, 1.807) is 11.8 Å². The molecule has 1 aliphatic heterocycles. The van der Waals surface area contributed by atoms with Gasteiger partial charge in [0.1, 0.15) is 5.37 Å². The Hall–Kier alpha value is 0.550. The second kappa shape index (κ2) is 4.87. The summed E-state index contributed by atoms with van der Waals surface area (Å²) in [5.41, 5.74) is 0. The van der Waals surface area contributed by atoms with Crippen molar-refractivity contribution in [3.05, 3.63) is 0 Å². The van der Waals surface area contributed by atoms with Gasteiger partial charge in [-0.15, -0.1) is 11.6 Å². The van der Waals surface area contributed by atoms with Gasteiger partial charge < -0.3 is 0 Å². The van der Waals surface area contributed by atoms with E-state index in [4.69, 9.17) is 11.6 Å². The Balaban J connectivity index is 2.67. The second-order valence-corrected chi connectivity index (χ2v) is 6.82. The number of hydrogen-bond donors (Lipinski definition) is 0. The lowest BCUT2D eigenvalue weighted by Crippen LogP contribution is -2.47. The molecule has 0 aromatic carbocycles. The predicted octanol–water partition coefficient (Wildman–Crippen LogP) is 0.645. The van der Waals surface area contributed by atoms with Crippen molar-refractivity contribution >= 4 is 33.2 Å². The van der Waals surface area contributed by atoms with E-state index in [-0.39, 0.29) is 5.37 Å². The van der Waals surface area contributed by atoms with Gasteiger partial charge in [-0.1, -0.05) is 0 Å². The van der Waals surface area contributed by atoms with Crippen LogP contribution < -0.4 is 0 Å². The van der Waals surface area contributed by atoms with Crippen molar-refractivity contribution in [3.63, 3.8) is 0 Å². The largest absolute Gasteiger partial charge is 0.285 e. The normalized spacial score (nSPS) is 26.2. The Bertz CT molecular complexity index is 253. The van der Waals surface area contributed by atoms with E-state index in [0.717, 1.165) is 12.3 Å². The third kappa shape index (κ3) is 3.31. The minimum absolute atomic E-state index is 0.329. The van der Waals surface area contributed by atoms with Crippen LogP contribution in [0.15, 0.2) is 0 Å². The van der Waals surface area contributed by atoms with Gasteiger partial charge in [0.2, 0.25) is 0 Å².